The van der Waals surface area contributed by atoms with E-state index in [2.05, 4.69) is 0 Å². The van der Waals surface area contributed by atoms with Crippen LogP contribution in [0.15, 0.2) is 23.1 Å². The highest BCUT2D eigenvalue weighted by Crippen LogP contribution is 2.22. The van der Waals surface area contributed by atoms with Gasteiger partial charge in [-0.25, -0.2) is 12.8 Å². The van der Waals surface area contributed by atoms with Crippen molar-refractivity contribution in [3.8, 4) is 0 Å². The van der Waals surface area contributed by atoms with Crippen molar-refractivity contribution >= 4 is 27.6 Å². The summed E-state index contributed by atoms with van der Waals surface area (Å²) in [5, 5.41) is 17.1. The Bertz CT molecular complexity index is 562. The molecule has 0 amide bonds. The molecule has 18 heavy (non-hydrogen) atoms. The molecule has 0 saturated heterocycles. The van der Waals surface area contributed by atoms with Gasteiger partial charge in [0.2, 0.25) is 10.0 Å². The zero-order valence-electron chi connectivity index (χ0n) is 8.80. The van der Waals surface area contributed by atoms with E-state index in [4.69, 9.17) is 21.8 Å². The fraction of sp³-hybridized carbons (Fsp3) is 0.222. The van der Waals surface area contributed by atoms with Crippen molar-refractivity contribution in [3.63, 3.8) is 0 Å². The quantitative estimate of drug-likeness (QED) is 0.720. The summed E-state index contributed by atoms with van der Waals surface area (Å²) < 4.78 is 38.1. The summed E-state index contributed by atoms with van der Waals surface area (Å²) in [6.07, 6.45) is 0. The van der Waals surface area contributed by atoms with Gasteiger partial charge >= 0.3 is 5.97 Å². The van der Waals surface area contributed by atoms with Gasteiger partial charge in [0.1, 0.15) is 16.8 Å². The number of benzene rings is 1. The van der Waals surface area contributed by atoms with Gasteiger partial charge < -0.3 is 10.2 Å². The van der Waals surface area contributed by atoms with Crippen molar-refractivity contribution < 1.29 is 27.8 Å². The van der Waals surface area contributed by atoms with Gasteiger partial charge in [0.25, 0.3) is 0 Å². The Morgan fingerprint density at radius 2 is 2.11 bits per heavy atom. The number of halogens is 2. The van der Waals surface area contributed by atoms with Crippen LogP contribution in [-0.2, 0) is 14.8 Å². The Balaban J connectivity index is 3.14. The van der Waals surface area contributed by atoms with E-state index < -0.39 is 39.4 Å². The molecule has 0 heterocycles. The monoisotopic (exact) mass is 297 g/mol. The van der Waals surface area contributed by atoms with Crippen LogP contribution in [0.2, 0.25) is 5.02 Å². The highest BCUT2D eigenvalue weighted by molar-refractivity contribution is 7.89. The normalized spacial score (nSPS) is 13.3. The first-order valence-corrected chi connectivity index (χ1v) is 6.45. The predicted molar refractivity (Wildman–Crippen MR) is 60.2 cm³/mol. The maximum absolute atomic E-state index is 12.9. The van der Waals surface area contributed by atoms with E-state index >= 15 is 0 Å². The van der Waals surface area contributed by atoms with Crippen molar-refractivity contribution in [2.75, 3.05) is 6.61 Å². The molecule has 1 aromatic carbocycles. The first-order chi connectivity index (χ1) is 8.27. The first kappa shape index (κ1) is 14.8. The second kappa shape index (κ2) is 5.61. The number of carboxylic acids is 1. The standard InChI is InChI=1S/C9H9ClFNO5S/c10-6-2-1-5(11)3-8(6)18(16,17)12-7(4-13)9(14)15/h1-3,7,12-13H,4H2,(H,14,15)/t7-/m1/s1. The highest BCUT2D eigenvalue weighted by atomic mass is 35.5. The Kier molecular flexibility index (Phi) is 4.63. The third-order valence-electron chi connectivity index (χ3n) is 1.96. The molecule has 0 fully saturated rings. The van der Waals surface area contributed by atoms with E-state index in [1.807, 2.05) is 0 Å². The molecule has 1 rings (SSSR count). The van der Waals surface area contributed by atoms with E-state index in [0.29, 0.717) is 6.07 Å². The topological polar surface area (TPSA) is 104 Å². The lowest BCUT2D eigenvalue weighted by atomic mass is 10.3. The Labute approximate surface area is 107 Å². The van der Waals surface area contributed by atoms with Crippen molar-refractivity contribution in [2.24, 2.45) is 0 Å². The summed E-state index contributed by atoms with van der Waals surface area (Å²) in [5.41, 5.74) is 0. The smallest absolute Gasteiger partial charge is 0.324 e. The van der Waals surface area contributed by atoms with Gasteiger partial charge in [-0.3, -0.25) is 4.79 Å². The van der Waals surface area contributed by atoms with Crippen LogP contribution in [0.1, 0.15) is 0 Å². The van der Waals surface area contributed by atoms with Gasteiger partial charge in [0.05, 0.1) is 11.6 Å². The van der Waals surface area contributed by atoms with Gasteiger partial charge in [-0.15, -0.1) is 0 Å². The van der Waals surface area contributed by atoms with Crippen LogP contribution >= 0.6 is 11.6 Å². The van der Waals surface area contributed by atoms with E-state index in [0.717, 1.165) is 12.1 Å². The number of aliphatic hydroxyl groups excluding tert-OH is 1. The highest BCUT2D eigenvalue weighted by Gasteiger charge is 2.26. The third kappa shape index (κ3) is 3.39. The lowest BCUT2D eigenvalue weighted by Gasteiger charge is -2.13. The number of hydrogen-bond acceptors (Lipinski definition) is 4. The van der Waals surface area contributed by atoms with Crippen LogP contribution in [0.3, 0.4) is 0 Å². The van der Waals surface area contributed by atoms with Crippen LogP contribution in [0.5, 0.6) is 0 Å². The fourth-order valence-electron chi connectivity index (χ4n) is 1.10. The molecular formula is C9H9ClFNO5S. The second-order valence-corrected chi connectivity index (χ2v) is 5.36. The summed E-state index contributed by atoms with van der Waals surface area (Å²) in [7, 11) is -4.33. The minimum Gasteiger partial charge on any atom is -0.480 e. The maximum atomic E-state index is 12.9. The second-order valence-electron chi connectivity index (χ2n) is 3.27. The van der Waals surface area contributed by atoms with Crippen molar-refractivity contribution in [3.05, 3.63) is 29.0 Å². The van der Waals surface area contributed by atoms with E-state index in [9.17, 15) is 17.6 Å². The zero-order valence-corrected chi connectivity index (χ0v) is 10.4. The van der Waals surface area contributed by atoms with Crippen molar-refractivity contribution in [1.82, 2.24) is 4.72 Å². The molecular weight excluding hydrogens is 289 g/mol. The number of aliphatic carboxylic acids is 1. The van der Waals surface area contributed by atoms with Crippen LogP contribution in [0, 0.1) is 5.82 Å². The van der Waals surface area contributed by atoms with Gasteiger partial charge in [0, 0.05) is 0 Å². The molecule has 0 aromatic heterocycles. The molecule has 0 aliphatic rings. The van der Waals surface area contributed by atoms with Crippen LogP contribution in [-0.4, -0.2) is 37.2 Å². The Morgan fingerprint density at radius 1 is 1.50 bits per heavy atom. The number of carbonyl (C=O) groups is 1. The molecule has 1 atom stereocenters. The number of aliphatic hydroxyl groups is 1. The fourth-order valence-corrected chi connectivity index (χ4v) is 2.79. The molecule has 0 unspecified atom stereocenters. The molecule has 6 nitrogen and oxygen atoms in total. The minimum absolute atomic E-state index is 0.258. The Morgan fingerprint density at radius 3 is 2.61 bits per heavy atom. The minimum atomic E-state index is -4.33. The van der Waals surface area contributed by atoms with Crippen LogP contribution in [0.25, 0.3) is 0 Å². The first-order valence-electron chi connectivity index (χ1n) is 4.59. The molecule has 0 bridgehead atoms. The predicted octanol–water partition coefficient (Wildman–Crippen LogP) is 0.203. The molecule has 0 radical (unpaired) electrons. The van der Waals surface area contributed by atoms with Crippen molar-refractivity contribution in [2.45, 2.75) is 10.9 Å². The van der Waals surface area contributed by atoms with Gasteiger partial charge in [0.15, 0.2) is 0 Å². The maximum Gasteiger partial charge on any atom is 0.324 e. The number of carboxylic acid groups (broad SMARTS) is 1. The molecule has 3 N–H and O–H groups in total. The van der Waals surface area contributed by atoms with E-state index in [1.165, 1.54) is 0 Å². The number of sulfonamides is 1. The van der Waals surface area contributed by atoms with E-state index in [1.54, 1.807) is 4.72 Å². The zero-order chi connectivity index (χ0) is 13.9. The molecule has 9 heteroatoms. The van der Waals surface area contributed by atoms with Crippen LogP contribution < -0.4 is 4.72 Å². The SMILES string of the molecule is O=C(O)[C@@H](CO)NS(=O)(=O)c1cc(F)ccc1Cl. The van der Waals surface area contributed by atoms with Gasteiger partial charge in [-0.05, 0) is 18.2 Å². The summed E-state index contributed by atoms with van der Waals surface area (Å²) in [5.74, 6) is -2.40. The van der Waals surface area contributed by atoms with Crippen LogP contribution in [0.4, 0.5) is 4.39 Å². The molecule has 100 valence electrons. The molecule has 1 aromatic rings. The van der Waals surface area contributed by atoms with Gasteiger partial charge in [-0.2, -0.15) is 4.72 Å². The summed E-state index contributed by atoms with van der Waals surface area (Å²) in [6, 6.07) is 0.915. The Hall–Kier alpha value is -1.22. The number of rotatable bonds is 5. The lowest BCUT2D eigenvalue weighted by Crippen LogP contribution is -2.43. The summed E-state index contributed by atoms with van der Waals surface area (Å²) in [6.45, 7) is -0.943. The number of hydrogen-bond donors (Lipinski definition) is 3. The third-order valence-corrected chi connectivity index (χ3v) is 3.91. The molecule has 0 saturated carbocycles. The number of nitrogens with one attached hydrogen (secondary N) is 1. The van der Waals surface area contributed by atoms with Crippen molar-refractivity contribution in [1.29, 1.82) is 0 Å². The average molecular weight is 298 g/mol. The largest absolute Gasteiger partial charge is 0.480 e. The summed E-state index contributed by atoms with van der Waals surface area (Å²) >= 11 is 5.59. The van der Waals surface area contributed by atoms with Gasteiger partial charge in [-0.1, -0.05) is 11.6 Å². The molecule has 0 aliphatic carbocycles. The lowest BCUT2D eigenvalue weighted by molar-refractivity contribution is -0.139. The average Bonchev–Trinajstić information content (AvgIpc) is 2.28. The molecule has 0 aliphatic heterocycles. The molecule has 0 spiro atoms. The summed E-state index contributed by atoms with van der Waals surface area (Å²) in [4.78, 5) is 10.0. The van der Waals surface area contributed by atoms with E-state index in [-0.39, 0.29) is 5.02 Å².